The van der Waals surface area contributed by atoms with Crippen LogP contribution in [0.4, 0.5) is 5.69 Å². The molecular weight excluding hydrogens is 252 g/mol. The maximum Gasteiger partial charge on any atom is 0.322 e. The van der Waals surface area contributed by atoms with Crippen molar-refractivity contribution in [2.24, 2.45) is 0 Å². The van der Waals surface area contributed by atoms with Gasteiger partial charge in [-0.05, 0) is 43.7 Å². The lowest BCUT2D eigenvalue weighted by molar-refractivity contribution is -0.139. The smallest absolute Gasteiger partial charge is 0.322 e. The normalized spacial score (nSPS) is 20.1. The van der Waals surface area contributed by atoms with Gasteiger partial charge in [0, 0.05) is 24.8 Å². The van der Waals surface area contributed by atoms with E-state index in [1.54, 1.807) is 0 Å². The Labute approximate surface area is 119 Å². The average molecular weight is 274 g/mol. The summed E-state index contributed by atoms with van der Waals surface area (Å²) in [5.41, 5.74) is 2.56. The Hall–Kier alpha value is -1.55. The molecule has 4 nitrogen and oxygen atoms in total. The molecule has 1 aliphatic heterocycles. The number of benzene rings is 1. The summed E-state index contributed by atoms with van der Waals surface area (Å²) >= 11 is 0. The first-order chi connectivity index (χ1) is 9.74. The molecule has 20 heavy (non-hydrogen) atoms. The predicted molar refractivity (Wildman–Crippen MR) is 79.2 cm³/mol. The van der Waals surface area contributed by atoms with Gasteiger partial charge in [0.2, 0.25) is 0 Å². The quantitative estimate of drug-likeness (QED) is 0.862. The number of fused-ring (bicyclic) bond motifs is 1. The van der Waals surface area contributed by atoms with E-state index < -0.39 is 12.0 Å². The lowest BCUT2D eigenvalue weighted by atomic mass is 10.1. The van der Waals surface area contributed by atoms with Crippen molar-refractivity contribution in [1.29, 1.82) is 0 Å². The third-order valence-corrected chi connectivity index (χ3v) is 4.17. The Morgan fingerprint density at radius 2 is 2.15 bits per heavy atom. The van der Waals surface area contributed by atoms with Crippen molar-refractivity contribution in [2.75, 3.05) is 18.0 Å². The number of aryl methyl sites for hydroxylation is 1. The van der Waals surface area contributed by atoms with E-state index in [4.69, 9.17) is 0 Å². The molecule has 1 saturated carbocycles. The molecule has 0 saturated heterocycles. The summed E-state index contributed by atoms with van der Waals surface area (Å²) in [5.74, 6) is -0.737. The third kappa shape index (κ3) is 3.12. The monoisotopic (exact) mass is 274 g/mol. The van der Waals surface area contributed by atoms with Gasteiger partial charge in [-0.15, -0.1) is 0 Å². The second-order valence-electron chi connectivity index (χ2n) is 5.86. The minimum absolute atomic E-state index is 0.415. The third-order valence-electron chi connectivity index (χ3n) is 4.17. The first-order valence-corrected chi connectivity index (χ1v) is 7.56. The molecule has 1 atom stereocenters. The topological polar surface area (TPSA) is 52.6 Å². The second-order valence-corrected chi connectivity index (χ2v) is 5.86. The van der Waals surface area contributed by atoms with Crippen molar-refractivity contribution in [3.63, 3.8) is 0 Å². The molecule has 1 aromatic carbocycles. The zero-order valence-corrected chi connectivity index (χ0v) is 11.7. The van der Waals surface area contributed by atoms with Crippen LogP contribution >= 0.6 is 0 Å². The molecule has 0 aromatic heterocycles. The summed E-state index contributed by atoms with van der Waals surface area (Å²) in [5, 5.41) is 12.7. The minimum atomic E-state index is -0.737. The summed E-state index contributed by atoms with van der Waals surface area (Å²) in [6.45, 7) is 1.51. The fourth-order valence-corrected chi connectivity index (χ4v) is 2.92. The van der Waals surface area contributed by atoms with Crippen LogP contribution < -0.4 is 10.2 Å². The second kappa shape index (κ2) is 5.83. The molecule has 108 valence electrons. The fraction of sp³-hybridized carbons (Fsp3) is 0.562. The van der Waals surface area contributed by atoms with Crippen LogP contribution in [0.15, 0.2) is 24.3 Å². The summed E-state index contributed by atoms with van der Waals surface area (Å²) < 4.78 is 0. The highest BCUT2D eigenvalue weighted by Crippen LogP contribution is 2.26. The number of carboxylic acid groups (broad SMARTS) is 1. The van der Waals surface area contributed by atoms with E-state index in [0.717, 1.165) is 32.2 Å². The number of hydrogen-bond acceptors (Lipinski definition) is 3. The highest BCUT2D eigenvalue weighted by atomic mass is 16.4. The van der Waals surface area contributed by atoms with Crippen molar-refractivity contribution < 1.29 is 9.90 Å². The lowest BCUT2D eigenvalue weighted by Gasteiger charge is -2.28. The van der Waals surface area contributed by atoms with Crippen molar-refractivity contribution in [2.45, 2.75) is 44.2 Å². The number of hydrogen-bond donors (Lipinski definition) is 2. The maximum absolute atomic E-state index is 11.4. The molecular formula is C16H22N2O2. The molecule has 2 N–H and O–H groups in total. The van der Waals surface area contributed by atoms with Crippen molar-refractivity contribution >= 4 is 11.7 Å². The van der Waals surface area contributed by atoms with Crippen LogP contribution in [0.3, 0.4) is 0 Å². The molecule has 4 heteroatoms. The Morgan fingerprint density at radius 1 is 1.35 bits per heavy atom. The SMILES string of the molecule is O=C(O)C(CN1CCCCc2ccccc21)NC1CC1. The first kappa shape index (κ1) is 13.4. The average Bonchev–Trinajstić information content (AvgIpc) is 3.26. The zero-order chi connectivity index (χ0) is 13.9. The van der Waals surface area contributed by atoms with E-state index in [9.17, 15) is 9.90 Å². The number of aliphatic carboxylic acids is 1. The van der Waals surface area contributed by atoms with E-state index in [0.29, 0.717) is 12.6 Å². The Balaban J connectivity index is 1.76. The number of carbonyl (C=O) groups is 1. The van der Waals surface area contributed by atoms with Gasteiger partial charge >= 0.3 is 5.97 Å². The molecule has 3 rings (SSSR count). The highest BCUT2D eigenvalue weighted by Gasteiger charge is 2.30. The standard InChI is InChI=1S/C16H22N2O2/c19-16(20)14(17-13-8-9-13)11-18-10-4-3-6-12-5-1-2-7-15(12)18/h1-2,5,7,13-14,17H,3-4,6,8-11H2,(H,19,20). The summed E-state index contributed by atoms with van der Waals surface area (Å²) in [7, 11) is 0. The number of para-hydroxylation sites is 1. The van der Waals surface area contributed by atoms with Gasteiger partial charge in [0.25, 0.3) is 0 Å². The zero-order valence-electron chi connectivity index (χ0n) is 11.7. The van der Waals surface area contributed by atoms with Gasteiger partial charge in [-0.2, -0.15) is 0 Å². The van der Waals surface area contributed by atoms with Gasteiger partial charge in [-0.3, -0.25) is 4.79 Å². The Morgan fingerprint density at radius 3 is 2.90 bits per heavy atom. The van der Waals surface area contributed by atoms with Crippen molar-refractivity contribution in [3.05, 3.63) is 29.8 Å². The van der Waals surface area contributed by atoms with Gasteiger partial charge in [0.15, 0.2) is 0 Å². The lowest BCUT2D eigenvalue weighted by Crippen LogP contribution is -2.47. The van der Waals surface area contributed by atoms with E-state index >= 15 is 0 Å². The molecule has 0 amide bonds. The van der Waals surface area contributed by atoms with E-state index in [-0.39, 0.29) is 0 Å². The molecule has 1 heterocycles. The van der Waals surface area contributed by atoms with E-state index in [1.165, 1.54) is 17.7 Å². The van der Waals surface area contributed by atoms with Crippen LogP contribution in [0.25, 0.3) is 0 Å². The van der Waals surface area contributed by atoms with Crippen LogP contribution in [-0.2, 0) is 11.2 Å². The van der Waals surface area contributed by atoms with Crippen molar-refractivity contribution in [3.8, 4) is 0 Å². The van der Waals surface area contributed by atoms with Crippen LogP contribution in [0.5, 0.6) is 0 Å². The minimum Gasteiger partial charge on any atom is -0.480 e. The number of anilines is 1. The van der Waals surface area contributed by atoms with E-state index in [1.807, 2.05) is 6.07 Å². The van der Waals surface area contributed by atoms with Crippen molar-refractivity contribution in [1.82, 2.24) is 5.32 Å². The number of carboxylic acids is 1. The van der Waals surface area contributed by atoms with Gasteiger partial charge in [0.1, 0.15) is 6.04 Å². The molecule has 1 aliphatic carbocycles. The van der Waals surface area contributed by atoms with Crippen LogP contribution in [0.2, 0.25) is 0 Å². The fourth-order valence-electron chi connectivity index (χ4n) is 2.92. The first-order valence-electron chi connectivity index (χ1n) is 7.56. The van der Waals surface area contributed by atoms with Crippen LogP contribution in [-0.4, -0.2) is 36.2 Å². The molecule has 1 fully saturated rings. The van der Waals surface area contributed by atoms with Gasteiger partial charge in [0.05, 0.1) is 0 Å². The molecule has 1 unspecified atom stereocenters. The summed E-state index contributed by atoms with van der Waals surface area (Å²) in [6.07, 6.45) is 5.63. The molecule has 1 aromatic rings. The predicted octanol–water partition coefficient (Wildman–Crippen LogP) is 2.03. The Bertz CT molecular complexity index is 485. The van der Waals surface area contributed by atoms with Gasteiger partial charge < -0.3 is 15.3 Å². The molecule has 2 aliphatic rings. The van der Waals surface area contributed by atoms with Gasteiger partial charge in [-0.25, -0.2) is 0 Å². The van der Waals surface area contributed by atoms with Gasteiger partial charge in [-0.1, -0.05) is 18.2 Å². The summed E-state index contributed by atoms with van der Waals surface area (Å²) in [4.78, 5) is 13.7. The Kier molecular flexibility index (Phi) is 3.92. The maximum atomic E-state index is 11.4. The molecule has 0 bridgehead atoms. The number of rotatable bonds is 5. The number of nitrogens with zero attached hydrogens (tertiary/aromatic N) is 1. The summed E-state index contributed by atoms with van der Waals surface area (Å²) in [6, 6.07) is 8.35. The highest BCUT2D eigenvalue weighted by molar-refractivity contribution is 5.75. The van der Waals surface area contributed by atoms with E-state index in [2.05, 4.69) is 28.4 Å². The molecule has 0 radical (unpaired) electrons. The largest absolute Gasteiger partial charge is 0.480 e. The number of nitrogens with one attached hydrogen (secondary N) is 1. The van der Waals surface area contributed by atoms with Crippen LogP contribution in [0.1, 0.15) is 31.2 Å². The molecule has 0 spiro atoms. The van der Waals surface area contributed by atoms with Crippen LogP contribution in [0, 0.1) is 0 Å².